The maximum absolute atomic E-state index is 13.1. The number of nitrogens with two attached hydrogens (primary N) is 1. The van der Waals surface area contributed by atoms with E-state index in [4.69, 9.17) is 5.73 Å². The van der Waals surface area contributed by atoms with E-state index in [0.717, 1.165) is 6.07 Å². The summed E-state index contributed by atoms with van der Waals surface area (Å²) < 4.78 is 157. The third kappa shape index (κ3) is 7.43. The van der Waals surface area contributed by atoms with Gasteiger partial charge in [-0.3, -0.25) is 0 Å². The molecular formula is C22H11F12NS2. The molecule has 0 saturated heterocycles. The molecule has 15 heteroatoms. The fourth-order valence-corrected chi connectivity index (χ4v) is 4.93. The van der Waals surface area contributed by atoms with Gasteiger partial charge in [-0.2, -0.15) is 52.7 Å². The molecule has 2 N–H and O–H groups in total. The van der Waals surface area contributed by atoms with Gasteiger partial charge < -0.3 is 5.73 Å². The van der Waals surface area contributed by atoms with Gasteiger partial charge in [0, 0.05) is 25.3 Å². The summed E-state index contributed by atoms with van der Waals surface area (Å²) in [6.45, 7) is 0. The molecule has 0 saturated carbocycles. The molecule has 3 aromatic carbocycles. The van der Waals surface area contributed by atoms with Gasteiger partial charge in [-0.1, -0.05) is 23.5 Å². The minimum Gasteiger partial charge on any atom is -0.398 e. The Morgan fingerprint density at radius 3 is 1.14 bits per heavy atom. The van der Waals surface area contributed by atoms with E-state index in [0.29, 0.717) is 47.8 Å². The van der Waals surface area contributed by atoms with Gasteiger partial charge in [-0.25, -0.2) is 0 Å². The Morgan fingerprint density at radius 1 is 0.432 bits per heavy atom. The second kappa shape index (κ2) is 9.89. The van der Waals surface area contributed by atoms with Gasteiger partial charge in [-0.05, 0) is 54.6 Å². The van der Waals surface area contributed by atoms with E-state index < -0.39 is 56.7 Å². The normalized spacial score (nSPS) is 13.2. The molecule has 0 bridgehead atoms. The van der Waals surface area contributed by atoms with Crippen molar-refractivity contribution in [3.63, 3.8) is 0 Å². The van der Waals surface area contributed by atoms with Crippen LogP contribution in [0.2, 0.25) is 0 Å². The van der Waals surface area contributed by atoms with Crippen LogP contribution < -0.4 is 5.73 Å². The molecule has 200 valence electrons. The molecule has 37 heavy (non-hydrogen) atoms. The summed E-state index contributed by atoms with van der Waals surface area (Å²) in [6.07, 6.45) is -20.4. The van der Waals surface area contributed by atoms with Gasteiger partial charge in [0.1, 0.15) is 0 Å². The molecule has 0 atom stereocenters. The molecule has 1 nitrogen and oxygen atoms in total. The minimum absolute atomic E-state index is 0.0344. The Labute approximate surface area is 209 Å². The lowest BCUT2D eigenvalue weighted by Crippen LogP contribution is -2.11. The van der Waals surface area contributed by atoms with Gasteiger partial charge in [0.05, 0.1) is 22.3 Å². The number of anilines is 1. The maximum Gasteiger partial charge on any atom is 0.416 e. The van der Waals surface area contributed by atoms with E-state index in [1.165, 1.54) is 12.1 Å². The zero-order valence-corrected chi connectivity index (χ0v) is 19.3. The second-order valence-corrected chi connectivity index (χ2v) is 9.65. The van der Waals surface area contributed by atoms with Crippen LogP contribution in [0.4, 0.5) is 58.4 Å². The van der Waals surface area contributed by atoms with Crippen molar-refractivity contribution in [3.8, 4) is 0 Å². The van der Waals surface area contributed by atoms with Crippen LogP contribution in [0.25, 0.3) is 0 Å². The van der Waals surface area contributed by atoms with Crippen LogP contribution in [0.15, 0.2) is 74.2 Å². The maximum atomic E-state index is 13.1. The number of hydrogen-bond acceptors (Lipinski definition) is 3. The Hall–Kier alpha value is -2.68. The Bertz CT molecular complexity index is 1230. The van der Waals surface area contributed by atoms with Crippen LogP contribution in [-0.2, 0) is 24.7 Å². The molecule has 0 aromatic heterocycles. The lowest BCUT2D eigenvalue weighted by molar-refractivity contribution is -0.145. The Kier molecular flexibility index (Phi) is 7.72. The molecule has 0 fully saturated rings. The molecule has 0 radical (unpaired) electrons. The summed E-state index contributed by atoms with van der Waals surface area (Å²) in [5, 5.41) is 0. The van der Waals surface area contributed by atoms with Crippen molar-refractivity contribution in [3.05, 3.63) is 76.9 Å². The SMILES string of the molecule is Nc1ccc(Sc2cc(C(F)(F)F)cc(C(F)(F)F)c2)cc1Sc1cc(C(F)(F)F)cc(C(F)(F)F)c1. The molecule has 0 aliphatic carbocycles. The first kappa shape index (κ1) is 28.9. The zero-order chi connectivity index (χ0) is 28.0. The highest BCUT2D eigenvalue weighted by molar-refractivity contribution is 8.00. The molecule has 0 spiro atoms. The second-order valence-electron chi connectivity index (χ2n) is 7.39. The van der Waals surface area contributed by atoms with Crippen LogP contribution in [0.3, 0.4) is 0 Å². The van der Waals surface area contributed by atoms with Crippen LogP contribution in [-0.4, -0.2) is 0 Å². The molecule has 0 unspecified atom stereocenters. The summed E-state index contributed by atoms with van der Waals surface area (Å²) in [7, 11) is 0. The summed E-state index contributed by atoms with van der Waals surface area (Å²) in [4.78, 5) is -0.983. The van der Waals surface area contributed by atoms with Crippen molar-refractivity contribution in [2.75, 3.05) is 5.73 Å². The monoisotopic (exact) mass is 581 g/mol. The third-order valence-electron chi connectivity index (χ3n) is 4.57. The topological polar surface area (TPSA) is 26.0 Å². The third-order valence-corrected chi connectivity index (χ3v) is 6.58. The fraction of sp³-hybridized carbons (Fsp3) is 0.182. The van der Waals surface area contributed by atoms with Crippen molar-refractivity contribution in [1.82, 2.24) is 0 Å². The zero-order valence-electron chi connectivity index (χ0n) is 17.6. The van der Waals surface area contributed by atoms with E-state index in [1.807, 2.05) is 0 Å². The summed E-state index contributed by atoms with van der Waals surface area (Å²) in [5.41, 5.74) is -0.585. The number of nitrogen functional groups attached to an aromatic ring is 1. The highest BCUT2D eigenvalue weighted by atomic mass is 32.2. The van der Waals surface area contributed by atoms with Gasteiger partial charge in [0.25, 0.3) is 0 Å². The average Bonchev–Trinajstić information content (AvgIpc) is 2.73. The van der Waals surface area contributed by atoms with Crippen LogP contribution in [0.1, 0.15) is 22.3 Å². The minimum atomic E-state index is -5.10. The molecule has 0 amide bonds. The molecule has 0 heterocycles. The fourth-order valence-electron chi connectivity index (χ4n) is 2.90. The van der Waals surface area contributed by atoms with Crippen molar-refractivity contribution >= 4 is 29.2 Å². The standard InChI is InChI=1S/C22H11F12NS2/c23-19(24,25)10-3-11(20(26,27)28)6-15(5-10)36-14-1-2-17(35)18(9-14)37-16-7-12(21(29,30)31)4-13(8-16)22(32,33)34/h1-9H,35H2. The first-order valence-corrected chi connectivity index (χ1v) is 11.2. The van der Waals surface area contributed by atoms with Crippen molar-refractivity contribution < 1.29 is 52.7 Å². The van der Waals surface area contributed by atoms with Crippen LogP contribution in [0, 0.1) is 0 Å². The predicted molar refractivity (Wildman–Crippen MR) is 112 cm³/mol. The Balaban J connectivity index is 2.01. The molecule has 0 aliphatic rings. The van der Waals surface area contributed by atoms with E-state index in [9.17, 15) is 52.7 Å². The Morgan fingerprint density at radius 2 is 0.784 bits per heavy atom. The lowest BCUT2D eigenvalue weighted by Gasteiger charge is -2.15. The first-order valence-electron chi connectivity index (χ1n) is 9.58. The molecule has 3 aromatic rings. The smallest absolute Gasteiger partial charge is 0.398 e. The average molecular weight is 581 g/mol. The van der Waals surface area contributed by atoms with E-state index in [-0.39, 0.29) is 27.6 Å². The highest BCUT2D eigenvalue weighted by Crippen LogP contribution is 2.44. The van der Waals surface area contributed by atoms with Gasteiger partial charge >= 0.3 is 24.7 Å². The van der Waals surface area contributed by atoms with Gasteiger partial charge in [-0.15, -0.1) is 0 Å². The van der Waals surface area contributed by atoms with E-state index in [2.05, 4.69) is 0 Å². The van der Waals surface area contributed by atoms with Crippen molar-refractivity contribution in [2.24, 2.45) is 0 Å². The largest absolute Gasteiger partial charge is 0.416 e. The molecular weight excluding hydrogens is 570 g/mol. The summed E-state index contributed by atoms with van der Waals surface area (Å²) >= 11 is 0.883. The first-order chi connectivity index (χ1) is 16.7. The van der Waals surface area contributed by atoms with Gasteiger partial charge in [0.2, 0.25) is 0 Å². The van der Waals surface area contributed by atoms with Gasteiger partial charge in [0.15, 0.2) is 0 Å². The molecule has 3 rings (SSSR count). The number of rotatable bonds is 4. The van der Waals surface area contributed by atoms with E-state index >= 15 is 0 Å². The van der Waals surface area contributed by atoms with Crippen molar-refractivity contribution in [2.45, 2.75) is 44.3 Å². The summed E-state index contributed by atoms with van der Waals surface area (Å²) in [5.74, 6) is 0. The number of halogens is 12. The van der Waals surface area contributed by atoms with Crippen LogP contribution in [0.5, 0.6) is 0 Å². The number of hydrogen-bond donors (Lipinski definition) is 1. The highest BCUT2D eigenvalue weighted by Gasteiger charge is 2.38. The van der Waals surface area contributed by atoms with Crippen molar-refractivity contribution in [1.29, 1.82) is 0 Å². The number of alkyl halides is 12. The number of benzene rings is 3. The van der Waals surface area contributed by atoms with E-state index in [1.54, 1.807) is 0 Å². The lowest BCUT2D eigenvalue weighted by atomic mass is 10.1. The quantitative estimate of drug-likeness (QED) is 0.246. The molecule has 0 aliphatic heterocycles. The summed E-state index contributed by atoms with van der Waals surface area (Å²) in [6, 6.07) is 5.28. The van der Waals surface area contributed by atoms with Crippen LogP contribution >= 0.6 is 23.5 Å². The predicted octanol–water partition coefficient (Wildman–Crippen LogP) is 9.65.